The molecule has 1 saturated heterocycles. The van der Waals surface area contributed by atoms with E-state index in [0.29, 0.717) is 24.2 Å². The van der Waals surface area contributed by atoms with Crippen molar-refractivity contribution in [3.8, 4) is 11.4 Å². The number of methoxy groups -OCH3 is 1. The van der Waals surface area contributed by atoms with Crippen molar-refractivity contribution in [3.63, 3.8) is 0 Å². The number of nitrogens with two attached hydrogens (primary N) is 1. The Morgan fingerprint density at radius 1 is 1.13 bits per heavy atom. The van der Waals surface area contributed by atoms with Crippen LogP contribution in [0.25, 0.3) is 5.69 Å². The van der Waals surface area contributed by atoms with Crippen LogP contribution in [0, 0.1) is 13.8 Å². The number of likely N-dealkylation sites (tertiary alicyclic amines) is 1. The molecule has 1 aliphatic rings. The van der Waals surface area contributed by atoms with Gasteiger partial charge in [0.2, 0.25) is 5.91 Å². The standard InChI is InChI=1S/C22H27N3O5/c1-14-12-18(15(2)25(14)16-7-9-17(29-3)10-8-16)22(28)30-13-20(26)24-11-5-4-6-19(24)21(23)27/h7-10,12,19H,4-6,11,13H2,1-3H3,(H2,23,27)/t19-/m0/s1. The molecular weight excluding hydrogens is 386 g/mol. The topological polar surface area (TPSA) is 104 Å². The van der Waals surface area contributed by atoms with E-state index in [2.05, 4.69) is 0 Å². The summed E-state index contributed by atoms with van der Waals surface area (Å²) in [5.74, 6) is -0.775. The lowest BCUT2D eigenvalue weighted by atomic mass is 10.0. The summed E-state index contributed by atoms with van der Waals surface area (Å²) < 4.78 is 12.4. The molecule has 1 atom stereocenters. The zero-order valence-electron chi connectivity index (χ0n) is 17.5. The lowest BCUT2D eigenvalue weighted by Crippen LogP contribution is -2.51. The van der Waals surface area contributed by atoms with Gasteiger partial charge < -0.3 is 24.7 Å². The molecule has 0 spiro atoms. The van der Waals surface area contributed by atoms with Crippen LogP contribution in [0.3, 0.4) is 0 Å². The third-order valence-corrected chi connectivity index (χ3v) is 5.46. The minimum Gasteiger partial charge on any atom is -0.497 e. The zero-order chi connectivity index (χ0) is 21.8. The third-order valence-electron chi connectivity index (χ3n) is 5.46. The van der Waals surface area contributed by atoms with Gasteiger partial charge in [-0.2, -0.15) is 0 Å². The molecule has 30 heavy (non-hydrogen) atoms. The van der Waals surface area contributed by atoms with Crippen LogP contribution in [0.2, 0.25) is 0 Å². The first kappa shape index (κ1) is 21.4. The fourth-order valence-electron chi connectivity index (χ4n) is 3.91. The van der Waals surface area contributed by atoms with Crippen LogP contribution < -0.4 is 10.5 Å². The molecule has 8 nitrogen and oxygen atoms in total. The maximum absolute atomic E-state index is 12.6. The summed E-state index contributed by atoms with van der Waals surface area (Å²) >= 11 is 0. The summed E-state index contributed by atoms with van der Waals surface area (Å²) in [6.45, 7) is 3.73. The van der Waals surface area contributed by atoms with Gasteiger partial charge in [-0.25, -0.2) is 4.79 Å². The largest absolute Gasteiger partial charge is 0.497 e. The number of hydrogen-bond acceptors (Lipinski definition) is 5. The van der Waals surface area contributed by atoms with Gasteiger partial charge in [-0.1, -0.05) is 0 Å². The van der Waals surface area contributed by atoms with Crippen molar-refractivity contribution in [2.75, 3.05) is 20.3 Å². The van der Waals surface area contributed by atoms with Gasteiger partial charge in [0.1, 0.15) is 11.8 Å². The molecule has 1 aromatic heterocycles. The van der Waals surface area contributed by atoms with Crippen molar-refractivity contribution in [1.82, 2.24) is 9.47 Å². The number of aryl methyl sites for hydroxylation is 1. The van der Waals surface area contributed by atoms with Gasteiger partial charge in [0.25, 0.3) is 5.91 Å². The van der Waals surface area contributed by atoms with E-state index in [1.54, 1.807) is 13.2 Å². The number of esters is 1. The summed E-state index contributed by atoms with van der Waals surface area (Å²) in [5, 5.41) is 0. The van der Waals surface area contributed by atoms with E-state index in [9.17, 15) is 14.4 Å². The van der Waals surface area contributed by atoms with Crippen LogP contribution in [0.15, 0.2) is 30.3 Å². The van der Waals surface area contributed by atoms with Crippen molar-refractivity contribution in [2.45, 2.75) is 39.2 Å². The van der Waals surface area contributed by atoms with Gasteiger partial charge in [-0.05, 0) is 63.4 Å². The first-order chi connectivity index (χ1) is 14.3. The van der Waals surface area contributed by atoms with Crippen LogP contribution in [0.4, 0.5) is 0 Å². The summed E-state index contributed by atoms with van der Waals surface area (Å²) in [6, 6.07) is 8.59. The Morgan fingerprint density at radius 3 is 2.47 bits per heavy atom. The number of aromatic nitrogens is 1. The molecular formula is C22H27N3O5. The minimum absolute atomic E-state index is 0.390. The molecule has 1 fully saturated rings. The van der Waals surface area contributed by atoms with Gasteiger partial charge in [0, 0.05) is 23.6 Å². The Bertz CT molecular complexity index is 948. The molecule has 2 aromatic rings. The minimum atomic E-state index is -0.634. The van der Waals surface area contributed by atoms with E-state index < -0.39 is 30.4 Å². The van der Waals surface area contributed by atoms with Crippen LogP contribution in [0.5, 0.6) is 5.75 Å². The molecule has 1 aromatic carbocycles. The molecule has 2 amide bonds. The van der Waals surface area contributed by atoms with Crippen LogP contribution in [-0.4, -0.2) is 53.6 Å². The van der Waals surface area contributed by atoms with Crippen molar-refractivity contribution in [2.24, 2.45) is 5.73 Å². The number of primary amides is 1. The van der Waals surface area contributed by atoms with Gasteiger partial charge in [0.15, 0.2) is 6.61 Å². The lowest BCUT2D eigenvalue weighted by molar-refractivity contribution is -0.143. The second kappa shape index (κ2) is 9.02. The number of nitrogens with zero attached hydrogens (tertiary/aromatic N) is 2. The Balaban J connectivity index is 1.71. The molecule has 160 valence electrons. The zero-order valence-corrected chi connectivity index (χ0v) is 17.5. The molecule has 0 unspecified atom stereocenters. The number of hydrogen-bond donors (Lipinski definition) is 1. The van der Waals surface area contributed by atoms with Crippen LogP contribution in [0.1, 0.15) is 41.0 Å². The van der Waals surface area contributed by atoms with Crippen LogP contribution in [-0.2, 0) is 14.3 Å². The van der Waals surface area contributed by atoms with Crippen LogP contribution >= 0.6 is 0 Å². The van der Waals surface area contributed by atoms with E-state index in [1.165, 1.54) is 4.90 Å². The van der Waals surface area contributed by atoms with Gasteiger partial charge in [-0.15, -0.1) is 0 Å². The Morgan fingerprint density at radius 2 is 1.83 bits per heavy atom. The monoisotopic (exact) mass is 413 g/mol. The highest BCUT2D eigenvalue weighted by atomic mass is 16.5. The summed E-state index contributed by atoms with van der Waals surface area (Å²) in [4.78, 5) is 38.2. The molecule has 0 radical (unpaired) electrons. The average Bonchev–Trinajstić information content (AvgIpc) is 3.05. The number of benzene rings is 1. The first-order valence-electron chi connectivity index (χ1n) is 9.92. The number of piperidine rings is 1. The molecule has 0 saturated carbocycles. The molecule has 0 bridgehead atoms. The summed E-state index contributed by atoms with van der Waals surface area (Å²) in [6.07, 6.45) is 2.18. The maximum Gasteiger partial charge on any atom is 0.340 e. The lowest BCUT2D eigenvalue weighted by Gasteiger charge is -2.33. The van der Waals surface area contributed by atoms with E-state index >= 15 is 0 Å². The fraction of sp³-hybridized carbons (Fsp3) is 0.409. The third kappa shape index (κ3) is 4.32. The summed E-state index contributed by atoms with van der Waals surface area (Å²) in [5.41, 5.74) is 8.25. The number of rotatable bonds is 6. The quantitative estimate of drug-likeness (QED) is 0.731. The Labute approximate surface area is 175 Å². The normalized spacial score (nSPS) is 16.2. The van der Waals surface area contributed by atoms with Crippen molar-refractivity contribution in [1.29, 1.82) is 0 Å². The predicted octanol–water partition coefficient (Wildman–Crippen LogP) is 2.13. The highest BCUT2D eigenvalue weighted by Crippen LogP contribution is 2.23. The van der Waals surface area contributed by atoms with Gasteiger partial charge >= 0.3 is 5.97 Å². The highest BCUT2D eigenvalue weighted by Gasteiger charge is 2.31. The van der Waals surface area contributed by atoms with Crippen molar-refractivity contribution < 1.29 is 23.9 Å². The molecule has 3 rings (SSSR count). The van der Waals surface area contributed by atoms with Gasteiger partial charge in [-0.3, -0.25) is 9.59 Å². The van der Waals surface area contributed by atoms with E-state index in [-0.39, 0.29) is 0 Å². The first-order valence-corrected chi connectivity index (χ1v) is 9.92. The molecule has 2 N–H and O–H groups in total. The second-order valence-electron chi connectivity index (χ2n) is 7.40. The smallest absolute Gasteiger partial charge is 0.340 e. The Kier molecular flexibility index (Phi) is 6.44. The molecule has 2 heterocycles. The number of carbonyl (C=O) groups is 3. The molecule has 0 aliphatic carbocycles. The number of carbonyl (C=O) groups excluding carboxylic acids is 3. The summed E-state index contributed by atoms with van der Waals surface area (Å²) in [7, 11) is 1.60. The molecule has 8 heteroatoms. The second-order valence-corrected chi connectivity index (χ2v) is 7.40. The number of amides is 2. The van der Waals surface area contributed by atoms with Gasteiger partial charge in [0.05, 0.1) is 12.7 Å². The van der Waals surface area contributed by atoms with Crippen molar-refractivity contribution in [3.05, 3.63) is 47.3 Å². The average molecular weight is 413 g/mol. The van der Waals surface area contributed by atoms with E-state index in [0.717, 1.165) is 30.0 Å². The molecule has 1 aliphatic heterocycles. The maximum atomic E-state index is 12.6. The van der Waals surface area contributed by atoms with E-state index in [1.807, 2.05) is 42.7 Å². The Hall–Kier alpha value is -3.29. The fourth-order valence-corrected chi connectivity index (χ4v) is 3.91. The highest BCUT2D eigenvalue weighted by molar-refractivity contribution is 5.93. The van der Waals surface area contributed by atoms with E-state index in [4.69, 9.17) is 15.2 Å². The predicted molar refractivity (Wildman–Crippen MR) is 111 cm³/mol. The van der Waals surface area contributed by atoms with Crippen molar-refractivity contribution >= 4 is 17.8 Å². The SMILES string of the molecule is COc1ccc(-n2c(C)cc(C(=O)OCC(=O)N3CCCC[C@H]3C(N)=O)c2C)cc1. The number of ether oxygens (including phenoxy) is 2.